The van der Waals surface area contributed by atoms with Crippen molar-refractivity contribution in [2.75, 3.05) is 31.5 Å². The molecule has 2 fully saturated rings. The number of hydrogen-bond donors (Lipinski definition) is 2. The third-order valence-corrected chi connectivity index (χ3v) is 4.90. The van der Waals surface area contributed by atoms with Gasteiger partial charge in [-0.3, -0.25) is 9.89 Å². The molecule has 2 N–H and O–H groups in total. The van der Waals surface area contributed by atoms with Crippen LogP contribution in [0.25, 0.3) is 0 Å². The number of piperidine rings is 2. The number of carbonyl (C=O) groups is 2. The molecule has 0 radical (unpaired) electrons. The van der Waals surface area contributed by atoms with Crippen LogP contribution < -0.4 is 5.32 Å². The minimum atomic E-state index is -0.156. The molecule has 7 nitrogen and oxygen atoms in total. The maximum absolute atomic E-state index is 12.7. The van der Waals surface area contributed by atoms with Gasteiger partial charge >= 0.3 is 6.03 Å². The Hall–Kier alpha value is -2.05. The summed E-state index contributed by atoms with van der Waals surface area (Å²) < 4.78 is 0. The number of aromatic nitrogens is 2. The van der Waals surface area contributed by atoms with Gasteiger partial charge in [0.05, 0.1) is 17.8 Å². The molecule has 7 heteroatoms. The molecule has 2 aliphatic rings. The zero-order valence-electron chi connectivity index (χ0n) is 13.6. The summed E-state index contributed by atoms with van der Waals surface area (Å²) in [5.41, 5.74) is 0.647. The molecule has 23 heavy (non-hydrogen) atoms. The fourth-order valence-electron chi connectivity index (χ4n) is 3.37. The number of urea groups is 1. The van der Waals surface area contributed by atoms with Gasteiger partial charge in [-0.15, -0.1) is 0 Å². The first-order valence-corrected chi connectivity index (χ1v) is 8.47. The summed E-state index contributed by atoms with van der Waals surface area (Å²) in [6, 6.07) is -0.156. The normalized spacial score (nSPS) is 22.9. The van der Waals surface area contributed by atoms with Crippen molar-refractivity contribution in [2.45, 2.75) is 32.6 Å². The first-order chi connectivity index (χ1) is 11.1. The van der Waals surface area contributed by atoms with Crippen LogP contribution in [0, 0.1) is 11.8 Å². The Morgan fingerprint density at radius 2 is 2.00 bits per heavy atom. The molecule has 1 aromatic rings. The molecule has 1 aromatic heterocycles. The number of aromatic amines is 1. The number of nitrogens with one attached hydrogen (secondary N) is 2. The summed E-state index contributed by atoms with van der Waals surface area (Å²) in [7, 11) is 0. The molecular weight excluding hydrogens is 294 g/mol. The van der Waals surface area contributed by atoms with Crippen LogP contribution >= 0.6 is 0 Å². The highest BCUT2D eigenvalue weighted by Crippen LogP contribution is 2.23. The van der Waals surface area contributed by atoms with Crippen LogP contribution in [0.5, 0.6) is 0 Å². The molecule has 1 atom stereocenters. The van der Waals surface area contributed by atoms with Crippen molar-refractivity contribution in [3.05, 3.63) is 12.4 Å². The van der Waals surface area contributed by atoms with Gasteiger partial charge in [-0.1, -0.05) is 6.92 Å². The Bertz CT molecular complexity index is 537. The van der Waals surface area contributed by atoms with Crippen molar-refractivity contribution in [3.63, 3.8) is 0 Å². The number of nitrogens with zero attached hydrogens (tertiary/aromatic N) is 3. The zero-order chi connectivity index (χ0) is 16.2. The van der Waals surface area contributed by atoms with Gasteiger partial charge in [0.1, 0.15) is 0 Å². The highest BCUT2D eigenvalue weighted by atomic mass is 16.2. The van der Waals surface area contributed by atoms with Gasteiger partial charge in [0.2, 0.25) is 5.91 Å². The molecule has 0 spiro atoms. The lowest BCUT2D eigenvalue weighted by molar-refractivity contribution is -0.138. The lowest BCUT2D eigenvalue weighted by atomic mass is 9.93. The van der Waals surface area contributed by atoms with Crippen molar-refractivity contribution in [1.82, 2.24) is 20.0 Å². The lowest BCUT2D eigenvalue weighted by Crippen LogP contribution is -2.49. The van der Waals surface area contributed by atoms with Crippen LogP contribution in [0.2, 0.25) is 0 Å². The SMILES string of the molecule is CC1CCN(C(=O)[C@@H]2CCCN(C(=O)Nc3cn[nH]c3)C2)CC1. The molecule has 126 valence electrons. The fourth-order valence-corrected chi connectivity index (χ4v) is 3.37. The predicted molar refractivity (Wildman–Crippen MR) is 86.9 cm³/mol. The van der Waals surface area contributed by atoms with Gasteiger partial charge in [0, 0.05) is 32.4 Å². The number of carbonyl (C=O) groups excluding carboxylic acids is 2. The molecule has 0 aromatic carbocycles. The molecular formula is C16H25N5O2. The topological polar surface area (TPSA) is 81.3 Å². The second-order valence-electron chi connectivity index (χ2n) is 6.71. The van der Waals surface area contributed by atoms with Crippen molar-refractivity contribution in [1.29, 1.82) is 0 Å². The Kier molecular flexibility index (Phi) is 4.83. The zero-order valence-corrected chi connectivity index (χ0v) is 13.6. The summed E-state index contributed by atoms with van der Waals surface area (Å²) >= 11 is 0. The maximum atomic E-state index is 12.7. The lowest BCUT2D eigenvalue weighted by Gasteiger charge is -2.37. The first-order valence-electron chi connectivity index (χ1n) is 8.47. The molecule has 0 unspecified atom stereocenters. The number of anilines is 1. The van der Waals surface area contributed by atoms with Gasteiger partial charge in [-0.2, -0.15) is 5.10 Å². The minimum Gasteiger partial charge on any atom is -0.342 e. The van der Waals surface area contributed by atoms with E-state index in [1.807, 2.05) is 4.90 Å². The van der Waals surface area contributed by atoms with Crippen LogP contribution in [-0.4, -0.2) is 58.1 Å². The van der Waals surface area contributed by atoms with E-state index in [0.29, 0.717) is 24.7 Å². The van der Waals surface area contributed by atoms with E-state index in [2.05, 4.69) is 22.4 Å². The molecule has 0 saturated carbocycles. The van der Waals surface area contributed by atoms with E-state index in [0.717, 1.165) is 38.8 Å². The maximum Gasteiger partial charge on any atom is 0.321 e. The number of H-pyrrole nitrogens is 1. The van der Waals surface area contributed by atoms with Crippen LogP contribution in [-0.2, 0) is 4.79 Å². The smallest absolute Gasteiger partial charge is 0.321 e. The molecule has 3 rings (SSSR count). The van der Waals surface area contributed by atoms with Gasteiger partial charge < -0.3 is 15.1 Å². The fraction of sp³-hybridized carbons (Fsp3) is 0.688. The van der Waals surface area contributed by atoms with Crippen LogP contribution in [0.1, 0.15) is 32.6 Å². The molecule has 3 amide bonds. The van der Waals surface area contributed by atoms with E-state index in [-0.39, 0.29) is 17.9 Å². The monoisotopic (exact) mass is 319 g/mol. The summed E-state index contributed by atoms with van der Waals surface area (Å²) in [5.74, 6) is 0.868. The van der Waals surface area contributed by atoms with E-state index < -0.39 is 0 Å². The Balaban J connectivity index is 1.55. The summed E-state index contributed by atoms with van der Waals surface area (Å²) in [4.78, 5) is 28.7. The van der Waals surface area contributed by atoms with Crippen LogP contribution in [0.4, 0.5) is 10.5 Å². The summed E-state index contributed by atoms with van der Waals surface area (Å²) in [6.45, 7) is 5.17. The minimum absolute atomic E-state index is 0.0627. The summed E-state index contributed by atoms with van der Waals surface area (Å²) in [6.07, 6.45) is 7.13. The quantitative estimate of drug-likeness (QED) is 0.873. The van der Waals surface area contributed by atoms with Gasteiger partial charge in [-0.05, 0) is 31.6 Å². The van der Waals surface area contributed by atoms with Crippen LogP contribution in [0.3, 0.4) is 0 Å². The Morgan fingerprint density at radius 1 is 1.22 bits per heavy atom. The van der Waals surface area contributed by atoms with Crippen molar-refractivity contribution in [3.8, 4) is 0 Å². The van der Waals surface area contributed by atoms with Gasteiger partial charge in [0.15, 0.2) is 0 Å². The summed E-state index contributed by atoms with van der Waals surface area (Å²) in [5, 5.41) is 9.28. The molecule has 3 heterocycles. The standard InChI is InChI=1S/C16H25N5O2/c1-12-4-7-20(8-5-12)15(22)13-3-2-6-21(11-13)16(23)19-14-9-17-18-10-14/h9-10,12-13H,2-8,11H2,1H3,(H,17,18)(H,19,23)/t13-/m1/s1. The largest absolute Gasteiger partial charge is 0.342 e. The average molecular weight is 319 g/mol. The van der Waals surface area contributed by atoms with Crippen LogP contribution in [0.15, 0.2) is 12.4 Å². The number of rotatable bonds is 2. The number of likely N-dealkylation sites (tertiary alicyclic amines) is 2. The van der Waals surface area contributed by atoms with Crippen molar-refractivity contribution < 1.29 is 9.59 Å². The van der Waals surface area contributed by atoms with E-state index >= 15 is 0 Å². The highest BCUT2D eigenvalue weighted by Gasteiger charge is 2.32. The second kappa shape index (κ2) is 7.02. The van der Waals surface area contributed by atoms with E-state index in [9.17, 15) is 9.59 Å². The van der Waals surface area contributed by atoms with Crippen molar-refractivity contribution in [2.24, 2.45) is 11.8 Å². The number of amides is 3. The third-order valence-electron chi connectivity index (χ3n) is 4.90. The van der Waals surface area contributed by atoms with Gasteiger partial charge in [0.25, 0.3) is 0 Å². The van der Waals surface area contributed by atoms with Crippen molar-refractivity contribution >= 4 is 17.6 Å². The van der Waals surface area contributed by atoms with Gasteiger partial charge in [-0.25, -0.2) is 4.79 Å². The first kappa shape index (κ1) is 15.8. The highest BCUT2D eigenvalue weighted by molar-refractivity contribution is 5.89. The van der Waals surface area contributed by atoms with E-state index in [1.165, 1.54) is 0 Å². The van der Waals surface area contributed by atoms with E-state index in [1.54, 1.807) is 17.3 Å². The molecule has 2 aliphatic heterocycles. The second-order valence-corrected chi connectivity index (χ2v) is 6.71. The van der Waals surface area contributed by atoms with E-state index in [4.69, 9.17) is 0 Å². The Morgan fingerprint density at radius 3 is 2.70 bits per heavy atom. The third kappa shape index (κ3) is 3.83. The number of hydrogen-bond acceptors (Lipinski definition) is 3. The average Bonchev–Trinajstić information content (AvgIpc) is 3.08. The molecule has 0 bridgehead atoms. The molecule has 2 saturated heterocycles. The Labute approximate surface area is 136 Å². The molecule has 0 aliphatic carbocycles. The predicted octanol–water partition coefficient (Wildman–Crippen LogP) is 1.91.